The average Bonchev–Trinajstić information content (AvgIpc) is 3.19. The van der Waals surface area contributed by atoms with Crippen LogP contribution in [0.25, 0.3) is 0 Å². The number of amides is 1. The van der Waals surface area contributed by atoms with Gasteiger partial charge in [0.15, 0.2) is 0 Å². The first-order valence-corrected chi connectivity index (χ1v) is 10.8. The van der Waals surface area contributed by atoms with Crippen molar-refractivity contribution in [3.63, 3.8) is 0 Å². The van der Waals surface area contributed by atoms with Gasteiger partial charge in [-0.05, 0) is 52.1 Å². The minimum absolute atomic E-state index is 0.124. The molecule has 0 bridgehead atoms. The molecule has 1 saturated carbocycles. The lowest BCUT2D eigenvalue weighted by molar-refractivity contribution is -0.192. The third-order valence-corrected chi connectivity index (χ3v) is 6.54. The number of aryl methyl sites for hydroxylation is 2. The lowest BCUT2D eigenvalue weighted by Crippen LogP contribution is -2.38. The van der Waals surface area contributed by atoms with E-state index in [4.69, 9.17) is 19.1 Å². The van der Waals surface area contributed by atoms with Crippen LogP contribution in [0.3, 0.4) is 0 Å². The number of carbonyl (C=O) groups excluding carboxylic acids is 1. The van der Waals surface area contributed by atoms with Crippen molar-refractivity contribution in [3.05, 3.63) is 23.2 Å². The predicted molar refractivity (Wildman–Crippen MR) is 109 cm³/mol. The molecule has 2 aliphatic heterocycles. The van der Waals surface area contributed by atoms with Crippen LogP contribution in [0.2, 0.25) is 0 Å². The summed E-state index contributed by atoms with van der Waals surface area (Å²) in [4.78, 5) is 26.3. The number of carboxylic acids is 1. The summed E-state index contributed by atoms with van der Waals surface area (Å²) in [5, 5.41) is 7.12. The highest BCUT2D eigenvalue weighted by Crippen LogP contribution is 2.44. The third kappa shape index (κ3) is 5.83. The number of likely N-dealkylation sites (tertiary alicyclic amines) is 2. The normalized spacial score (nSPS) is 25.8. The van der Waals surface area contributed by atoms with Crippen LogP contribution in [-0.4, -0.2) is 79.4 Å². The van der Waals surface area contributed by atoms with Gasteiger partial charge in [-0.1, -0.05) is 0 Å². The van der Waals surface area contributed by atoms with Crippen LogP contribution >= 0.6 is 0 Å². The van der Waals surface area contributed by atoms with Gasteiger partial charge in [-0.25, -0.2) is 4.79 Å². The first-order chi connectivity index (χ1) is 14.9. The maximum absolute atomic E-state index is 12.9. The van der Waals surface area contributed by atoms with E-state index in [-0.39, 0.29) is 11.3 Å². The lowest BCUT2D eigenvalue weighted by atomic mass is 9.77. The Morgan fingerprint density at radius 3 is 2.44 bits per heavy atom. The number of rotatable bonds is 5. The van der Waals surface area contributed by atoms with E-state index in [9.17, 15) is 18.0 Å². The summed E-state index contributed by atoms with van der Waals surface area (Å²) >= 11 is 0. The molecule has 0 radical (unpaired) electrons. The summed E-state index contributed by atoms with van der Waals surface area (Å²) in [7, 11) is 2.19. The SMILES string of the molecule is Cc1cc(C(=O)N2CC[C@@]3(CN(C)C[C@H]3COCC3CC3)C2)c(C)o1.O=C(O)C(F)(F)F. The van der Waals surface area contributed by atoms with Gasteiger partial charge in [-0.3, -0.25) is 4.79 Å². The van der Waals surface area contributed by atoms with Crippen molar-refractivity contribution in [2.45, 2.75) is 39.3 Å². The fraction of sp³-hybridized carbons (Fsp3) is 0.727. The molecule has 4 rings (SSSR count). The second-order valence-electron chi connectivity index (χ2n) is 9.34. The molecule has 2 atom stereocenters. The highest BCUT2D eigenvalue weighted by Gasteiger charge is 2.50. The minimum atomic E-state index is -5.08. The van der Waals surface area contributed by atoms with E-state index >= 15 is 0 Å². The summed E-state index contributed by atoms with van der Waals surface area (Å²) in [5.41, 5.74) is 0.920. The zero-order valence-corrected chi connectivity index (χ0v) is 18.7. The Balaban J connectivity index is 0.000000360. The van der Waals surface area contributed by atoms with Gasteiger partial charge in [0.05, 0.1) is 12.2 Å². The summed E-state index contributed by atoms with van der Waals surface area (Å²) < 4.78 is 43.3. The monoisotopic (exact) mass is 460 g/mol. The molecule has 7 nitrogen and oxygen atoms in total. The molecular formula is C22H31F3N2O5. The van der Waals surface area contributed by atoms with Crippen molar-refractivity contribution in [2.75, 3.05) is 46.4 Å². The number of halogens is 3. The summed E-state index contributed by atoms with van der Waals surface area (Å²) in [6.45, 7) is 9.37. The number of carboxylic acid groups (broad SMARTS) is 1. The largest absolute Gasteiger partial charge is 0.490 e. The molecule has 1 spiro atoms. The molecule has 32 heavy (non-hydrogen) atoms. The van der Waals surface area contributed by atoms with Gasteiger partial charge >= 0.3 is 12.1 Å². The molecule has 3 aliphatic rings. The van der Waals surface area contributed by atoms with Gasteiger partial charge < -0.3 is 24.1 Å². The Bertz CT molecular complexity index is 836. The number of hydrogen-bond acceptors (Lipinski definition) is 5. The van der Waals surface area contributed by atoms with Crippen LogP contribution in [0.4, 0.5) is 13.2 Å². The molecule has 3 fully saturated rings. The van der Waals surface area contributed by atoms with Crippen molar-refractivity contribution in [3.8, 4) is 0 Å². The van der Waals surface area contributed by atoms with E-state index in [1.807, 2.05) is 24.8 Å². The molecular weight excluding hydrogens is 429 g/mol. The molecule has 3 heterocycles. The van der Waals surface area contributed by atoms with Crippen LogP contribution in [0.15, 0.2) is 10.5 Å². The van der Waals surface area contributed by atoms with Crippen LogP contribution in [0.1, 0.15) is 41.1 Å². The van der Waals surface area contributed by atoms with Crippen molar-refractivity contribution in [1.29, 1.82) is 0 Å². The van der Waals surface area contributed by atoms with E-state index < -0.39 is 12.1 Å². The lowest BCUT2D eigenvalue weighted by Gasteiger charge is -2.30. The molecule has 10 heteroatoms. The maximum Gasteiger partial charge on any atom is 0.490 e. The number of carbonyl (C=O) groups is 2. The number of furan rings is 1. The number of nitrogens with zero attached hydrogens (tertiary/aromatic N) is 2. The van der Waals surface area contributed by atoms with Crippen LogP contribution in [0.5, 0.6) is 0 Å². The smallest absolute Gasteiger partial charge is 0.475 e. The molecule has 180 valence electrons. The fourth-order valence-corrected chi connectivity index (χ4v) is 4.74. The fourth-order valence-electron chi connectivity index (χ4n) is 4.74. The van der Waals surface area contributed by atoms with Gasteiger partial charge in [-0.2, -0.15) is 13.2 Å². The standard InChI is InChI=1S/C20H30N2O3.C2HF3O2/c1-14-8-18(15(2)25-14)19(23)22-7-6-20(13-22)12-21(3)9-17(20)11-24-10-16-4-5-16;3-2(4,5)1(6)7/h8,16-17H,4-7,9-13H2,1-3H3;(H,6,7)/t17-,20+;/m0./s1. The number of hydrogen-bond donors (Lipinski definition) is 1. The summed E-state index contributed by atoms with van der Waals surface area (Å²) in [6.07, 6.45) is -1.33. The topological polar surface area (TPSA) is 83.2 Å². The molecule has 1 N–H and O–H groups in total. The van der Waals surface area contributed by atoms with E-state index in [0.717, 1.165) is 68.8 Å². The van der Waals surface area contributed by atoms with Gasteiger partial charge in [0.1, 0.15) is 11.5 Å². The van der Waals surface area contributed by atoms with Crippen LogP contribution < -0.4 is 0 Å². The second kappa shape index (κ2) is 9.43. The molecule has 1 aromatic rings. The van der Waals surface area contributed by atoms with E-state index in [1.165, 1.54) is 12.8 Å². The molecule has 0 aromatic carbocycles. The number of ether oxygens (including phenoxy) is 1. The predicted octanol–water partition coefficient (Wildman–Crippen LogP) is 3.35. The first kappa shape index (κ1) is 24.6. The first-order valence-electron chi connectivity index (χ1n) is 10.8. The summed E-state index contributed by atoms with van der Waals surface area (Å²) in [5.74, 6) is 0.245. The molecule has 1 amide bonds. The van der Waals surface area contributed by atoms with Crippen LogP contribution in [0, 0.1) is 31.1 Å². The van der Waals surface area contributed by atoms with Gasteiger partial charge in [0, 0.05) is 44.1 Å². The van der Waals surface area contributed by atoms with E-state index in [0.29, 0.717) is 5.92 Å². The van der Waals surface area contributed by atoms with Crippen molar-refractivity contribution < 1.29 is 37.0 Å². The van der Waals surface area contributed by atoms with Gasteiger partial charge in [-0.15, -0.1) is 0 Å². The van der Waals surface area contributed by atoms with E-state index in [2.05, 4.69) is 11.9 Å². The number of aliphatic carboxylic acids is 1. The maximum atomic E-state index is 12.9. The van der Waals surface area contributed by atoms with Gasteiger partial charge in [0.2, 0.25) is 0 Å². The van der Waals surface area contributed by atoms with Crippen LogP contribution in [-0.2, 0) is 9.53 Å². The molecule has 1 aromatic heterocycles. The molecule has 2 saturated heterocycles. The zero-order valence-electron chi connectivity index (χ0n) is 18.7. The van der Waals surface area contributed by atoms with Crippen molar-refractivity contribution >= 4 is 11.9 Å². The third-order valence-electron chi connectivity index (χ3n) is 6.54. The Hall–Kier alpha value is -2.07. The van der Waals surface area contributed by atoms with Crippen molar-refractivity contribution in [1.82, 2.24) is 9.80 Å². The highest BCUT2D eigenvalue weighted by atomic mass is 19.4. The average molecular weight is 460 g/mol. The molecule has 0 unspecified atom stereocenters. The number of alkyl halides is 3. The van der Waals surface area contributed by atoms with Gasteiger partial charge in [0.25, 0.3) is 5.91 Å². The summed E-state index contributed by atoms with van der Waals surface area (Å²) in [6, 6.07) is 1.87. The Morgan fingerprint density at radius 2 is 1.91 bits per heavy atom. The Morgan fingerprint density at radius 1 is 1.25 bits per heavy atom. The van der Waals surface area contributed by atoms with E-state index in [1.54, 1.807) is 0 Å². The zero-order chi connectivity index (χ0) is 23.7. The minimum Gasteiger partial charge on any atom is -0.475 e. The Labute approximate surface area is 185 Å². The molecule has 1 aliphatic carbocycles. The highest BCUT2D eigenvalue weighted by molar-refractivity contribution is 5.95. The second-order valence-corrected chi connectivity index (χ2v) is 9.34. The quantitative estimate of drug-likeness (QED) is 0.726. The Kier molecular flexibility index (Phi) is 7.24. The van der Waals surface area contributed by atoms with Crippen molar-refractivity contribution in [2.24, 2.45) is 17.3 Å².